The zero-order valence-electron chi connectivity index (χ0n) is 17.5. The first-order chi connectivity index (χ1) is 15.6. The van der Waals surface area contributed by atoms with Crippen LogP contribution >= 0.6 is 11.8 Å². The number of amides is 2. The van der Waals surface area contributed by atoms with E-state index < -0.39 is 35.1 Å². The van der Waals surface area contributed by atoms with Crippen molar-refractivity contribution in [3.63, 3.8) is 0 Å². The van der Waals surface area contributed by atoms with Gasteiger partial charge in [-0.2, -0.15) is 13.2 Å². The monoisotopic (exact) mass is 476 g/mol. The maximum atomic E-state index is 13.8. The highest BCUT2D eigenvalue weighted by Crippen LogP contribution is 2.37. The number of carbonyl (C=O) groups is 2. The first-order valence-corrected chi connectivity index (χ1v) is 11.0. The molecule has 0 aromatic heterocycles. The number of rotatable bonds is 7. The van der Waals surface area contributed by atoms with E-state index in [4.69, 9.17) is 0 Å². The molecule has 0 saturated heterocycles. The first-order valence-electron chi connectivity index (χ1n) is 9.84. The van der Waals surface area contributed by atoms with Crippen molar-refractivity contribution in [1.29, 1.82) is 0 Å². The van der Waals surface area contributed by atoms with E-state index in [9.17, 15) is 27.2 Å². The summed E-state index contributed by atoms with van der Waals surface area (Å²) in [6, 6.07) is 15.8. The highest BCUT2D eigenvalue weighted by Gasteiger charge is 2.34. The molecule has 0 spiro atoms. The fourth-order valence-electron chi connectivity index (χ4n) is 2.94. The van der Waals surface area contributed by atoms with E-state index in [0.717, 1.165) is 23.3 Å². The molecule has 2 amide bonds. The summed E-state index contributed by atoms with van der Waals surface area (Å²) in [4.78, 5) is 24.4. The Labute approximate surface area is 192 Å². The van der Waals surface area contributed by atoms with Gasteiger partial charge in [0.1, 0.15) is 5.82 Å². The molecule has 2 N–H and O–H groups in total. The molecule has 0 radical (unpaired) electrons. The topological polar surface area (TPSA) is 58.2 Å². The van der Waals surface area contributed by atoms with Crippen LogP contribution in [0, 0.1) is 12.7 Å². The highest BCUT2D eigenvalue weighted by molar-refractivity contribution is 7.99. The van der Waals surface area contributed by atoms with Gasteiger partial charge in [0.2, 0.25) is 5.91 Å². The van der Waals surface area contributed by atoms with Gasteiger partial charge in [0.05, 0.1) is 22.6 Å². The number of nitrogens with one attached hydrogen (secondary N) is 2. The molecular weight excluding hydrogens is 456 g/mol. The quantitative estimate of drug-likeness (QED) is 0.395. The molecule has 4 nitrogen and oxygen atoms in total. The van der Waals surface area contributed by atoms with Crippen molar-refractivity contribution in [2.75, 3.05) is 16.4 Å². The molecule has 0 fully saturated rings. The molecule has 3 rings (SSSR count). The van der Waals surface area contributed by atoms with E-state index in [-0.39, 0.29) is 17.0 Å². The Morgan fingerprint density at radius 2 is 1.64 bits per heavy atom. The summed E-state index contributed by atoms with van der Waals surface area (Å²) < 4.78 is 54.5. The summed E-state index contributed by atoms with van der Waals surface area (Å²) in [6.45, 7) is 1.96. The van der Waals surface area contributed by atoms with Crippen LogP contribution in [0.5, 0.6) is 0 Å². The van der Waals surface area contributed by atoms with Gasteiger partial charge in [-0.05, 0) is 42.8 Å². The molecule has 0 heterocycles. The fraction of sp³-hybridized carbons (Fsp3) is 0.167. The lowest BCUT2D eigenvalue weighted by atomic mass is 10.1. The Morgan fingerprint density at radius 1 is 0.939 bits per heavy atom. The third-order valence-corrected chi connectivity index (χ3v) is 5.60. The van der Waals surface area contributed by atoms with Crippen LogP contribution in [0.3, 0.4) is 0 Å². The minimum atomic E-state index is -4.78. The zero-order valence-corrected chi connectivity index (χ0v) is 18.3. The molecule has 3 aromatic rings. The van der Waals surface area contributed by atoms with Crippen molar-refractivity contribution in [2.24, 2.45) is 0 Å². The fourth-order valence-corrected chi connectivity index (χ4v) is 3.73. The summed E-state index contributed by atoms with van der Waals surface area (Å²) in [5, 5.41) is 4.53. The van der Waals surface area contributed by atoms with Crippen molar-refractivity contribution in [1.82, 2.24) is 0 Å². The summed E-state index contributed by atoms with van der Waals surface area (Å²) in [7, 11) is 0. The second kappa shape index (κ2) is 10.5. The lowest BCUT2D eigenvalue weighted by molar-refractivity contribution is -0.136. The number of halogens is 4. The number of thioether (sulfide) groups is 1. The largest absolute Gasteiger partial charge is 0.418 e. The molecule has 0 unspecified atom stereocenters. The summed E-state index contributed by atoms with van der Waals surface area (Å²) in [6.07, 6.45) is -4.78. The minimum Gasteiger partial charge on any atom is -0.325 e. The van der Waals surface area contributed by atoms with Gasteiger partial charge < -0.3 is 10.6 Å². The number of alkyl halides is 3. The van der Waals surface area contributed by atoms with Crippen LogP contribution < -0.4 is 10.6 Å². The number of carbonyl (C=O) groups excluding carboxylic acids is 2. The van der Waals surface area contributed by atoms with Gasteiger partial charge in [-0.1, -0.05) is 42.0 Å². The van der Waals surface area contributed by atoms with Crippen LogP contribution in [-0.2, 0) is 16.7 Å². The van der Waals surface area contributed by atoms with Gasteiger partial charge in [0, 0.05) is 11.4 Å². The molecule has 0 atom stereocenters. The Bertz CT molecular complexity index is 1150. The Kier molecular flexibility index (Phi) is 7.75. The SMILES string of the molecule is Cc1ccc(CSCC(=O)Nc2ccc(NC(=O)c3ccccc3F)cc2C(F)(F)F)cc1. The highest BCUT2D eigenvalue weighted by atomic mass is 32.2. The standard InChI is InChI=1S/C24H20F4N2O2S/c1-15-6-8-16(9-7-15)13-33-14-22(31)30-21-11-10-17(12-19(21)24(26,27)28)29-23(32)18-4-2-3-5-20(18)25/h2-12H,13-14H2,1H3,(H,29,32)(H,30,31). The molecule has 33 heavy (non-hydrogen) atoms. The average Bonchev–Trinajstić information content (AvgIpc) is 2.75. The summed E-state index contributed by atoms with van der Waals surface area (Å²) in [5.74, 6) is -1.75. The van der Waals surface area contributed by atoms with Crippen LogP contribution in [0.4, 0.5) is 28.9 Å². The van der Waals surface area contributed by atoms with Gasteiger partial charge in [-0.3, -0.25) is 9.59 Å². The third kappa shape index (κ3) is 6.82. The van der Waals surface area contributed by atoms with E-state index in [1.54, 1.807) is 0 Å². The van der Waals surface area contributed by atoms with Crippen LogP contribution in [-0.4, -0.2) is 17.6 Å². The Morgan fingerprint density at radius 3 is 2.30 bits per heavy atom. The van der Waals surface area contributed by atoms with Crippen LogP contribution in [0.25, 0.3) is 0 Å². The number of hydrogen-bond donors (Lipinski definition) is 2. The second-order valence-corrected chi connectivity index (χ2v) is 8.20. The molecule has 0 aliphatic rings. The molecular formula is C24H20F4N2O2S. The van der Waals surface area contributed by atoms with Gasteiger partial charge in [0.25, 0.3) is 5.91 Å². The van der Waals surface area contributed by atoms with E-state index >= 15 is 0 Å². The smallest absolute Gasteiger partial charge is 0.325 e. The van der Waals surface area contributed by atoms with E-state index in [2.05, 4.69) is 10.6 Å². The number of benzene rings is 3. The van der Waals surface area contributed by atoms with Gasteiger partial charge >= 0.3 is 6.18 Å². The normalized spacial score (nSPS) is 11.2. The number of anilines is 2. The first kappa shape index (κ1) is 24.3. The van der Waals surface area contributed by atoms with Crippen molar-refractivity contribution in [3.05, 3.63) is 94.8 Å². The molecule has 9 heteroatoms. The molecule has 0 aliphatic carbocycles. The Balaban J connectivity index is 1.67. The van der Waals surface area contributed by atoms with Crippen LogP contribution in [0.15, 0.2) is 66.7 Å². The summed E-state index contributed by atoms with van der Waals surface area (Å²) in [5.41, 5.74) is 0.0912. The second-order valence-electron chi connectivity index (χ2n) is 7.22. The van der Waals surface area contributed by atoms with Gasteiger partial charge in [-0.15, -0.1) is 11.8 Å². The predicted octanol–water partition coefficient (Wildman–Crippen LogP) is 6.28. The van der Waals surface area contributed by atoms with Gasteiger partial charge in [-0.25, -0.2) is 4.39 Å². The molecule has 0 bridgehead atoms. The molecule has 3 aromatic carbocycles. The van der Waals surface area contributed by atoms with Crippen molar-refractivity contribution >= 4 is 35.0 Å². The van der Waals surface area contributed by atoms with Crippen LogP contribution in [0.2, 0.25) is 0 Å². The average molecular weight is 476 g/mol. The lowest BCUT2D eigenvalue weighted by Gasteiger charge is -2.16. The summed E-state index contributed by atoms with van der Waals surface area (Å²) >= 11 is 1.28. The predicted molar refractivity (Wildman–Crippen MR) is 122 cm³/mol. The van der Waals surface area contributed by atoms with Crippen molar-refractivity contribution in [2.45, 2.75) is 18.9 Å². The number of aryl methyl sites for hydroxylation is 1. The zero-order chi connectivity index (χ0) is 24.0. The van der Waals surface area contributed by atoms with Crippen molar-refractivity contribution in [3.8, 4) is 0 Å². The van der Waals surface area contributed by atoms with E-state index in [1.165, 1.54) is 36.0 Å². The van der Waals surface area contributed by atoms with Gasteiger partial charge in [0.15, 0.2) is 0 Å². The lowest BCUT2D eigenvalue weighted by Crippen LogP contribution is -2.19. The van der Waals surface area contributed by atoms with Crippen molar-refractivity contribution < 1.29 is 27.2 Å². The molecule has 0 aliphatic heterocycles. The van der Waals surface area contributed by atoms with E-state index in [0.29, 0.717) is 11.8 Å². The Hall–Kier alpha value is -3.33. The van der Waals surface area contributed by atoms with E-state index in [1.807, 2.05) is 31.2 Å². The van der Waals surface area contributed by atoms with Crippen LogP contribution in [0.1, 0.15) is 27.0 Å². The number of hydrogen-bond acceptors (Lipinski definition) is 3. The maximum Gasteiger partial charge on any atom is 0.418 e. The third-order valence-electron chi connectivity index (χ3n) is 4.60. The maximum absolute atomic E-state index is 13.8. The molecule has 172 valence electrons. The minimum absolute atomic E-state index is 0.0308. The molecule has 0 saturated carbocycles.